The van der Waals surface area contributed by atoms with Gasteiger partial charge < -0.3 is 25.5 Å². The maximum absolute atomic E-state index is 12.9. The van der Waals surface area contributed by atoms with Crippen LogP contribution in [0.5, 0.6) is 0 Å². The SMILES string of the molecule is O=C(O)CN1CCN(CCC(=O)CNCCN(CCc2ccccn2)Cc2ccccn2)CCN(CC(=O)O)CCN(CC(=O)O)CC1. The molecule has 1 fully saturated rings. The Bertz CT molecular complexity index is 1230. The van der Waals surface area contributed by atoms with E-state index in [2.05, 4.69) is 25.1 Å². The number of aliphatic carboxylic acids is 3. The van der Waals surface area contributed by atoms with Crippen molar-refractivity contribution < 1.29 is 34.5 Å². The summed E-state index contributed by atoms with van der Waals surface area (Å²) < 4.78 is 0. The van der Waals surface area contributed by atoms with Crippen LogP contribution < -0.4 is 5.32 Å². The van der Waals surface area contributed by atoms with Crippen LogP contribution in [-0.2, 0) is 32.1 Å². The lowest BCUT2D eigenvalue weighted by molar-refractivity contribution is -0.140. The van der Waals surface area contributed by atoms with Gasteiger partial charge in [-0.1, -0.05) is 12.1 Å². The predicted octanol–water partition coefficient (Wildman–Crippen LogP) is -0.454. The lowest BCUT2D eigenvalue weighted by atomic mass is 10.2. The Morgan fingerprint density at radius 2 is 1.15 bits per heavy atom. The quantitative estimate of drug-likeness (QED) is 0.141. The smallest absolute Gasteiger partial charge is 0.317 e. The van der Waals surface area contributed by atoms with Crippen molar-refractivity contribution in [2.45, 2.75) is 19.4 Å². The third kappa shape index (κ3) is 16.8. The minimum atomic E-state index is -0.996. The van der Waals surface area contributed by atoms with Crippen molar-refractivity contribution >= 4 is 23.7 Å². The molecule has 0 unspecified atom stereocenters. The summed E-state index contributed by atoms with van der Waals surface area (Å²) >= 11 is 0. The standard InChI is InChI=1S/C33H50N8O7/c42-30(23-34-11-14-38(24-29-6-2-4-10-36-29)12-7-28-5-1-3-9-35-28)8-13-37-15-17-39(25-31(43)44)19-21-41(27-33(47)48)22-20-40(18-16-37)26-32(45)46/h1-6,9-10,34H,7-8,11-27H2,(H,43,44)(H,45,46)(H,47,48). The fourth-order valence-electron chi connectivity index (χ4n) is 5.50. The van der Waals surface area contributed by atoms with E-state index in [1.807, 2.05) is 36.4 Å². The summed E-state index contributed by atoms with van der Waals surface area (Å²) in [6.07, 6.45) is 4.68. The van der Waals surface area contributed by atoms with Crippen LogP contribution in [0, 0.1) is 0 Å². The Balaban J connectivity index is 1.51. The molecule has 15 nitrogen and oxygen atoms in total. The number of carboxylic acid groups (broad SMARTS) is 3. The monoisotopic (exact) mass is 670 g/mol. The van der Waals surface area contributed by atoms with Gasteiger partial charge in [-0.15, -0.1) is 0 Å². The Labute approximate surface area is 282 Å². The second kappa shape index (κ2) is 21.9. The number of hydrogen-bond acceptors (Lipinski definition) is 12. The van der Waals surface area contributed by atoms with Gasteiger partial charge in [0.15, 0.2) is 0 Å². The fourth-order valence-corrected chi connectivity index (χ4v) is 5.50. The Morgan fingerprint density at radius 1 is 0.667 bits per heavy atom. The molecule has 48 heavy (non-hydrogen) atoms. The molecule has 1 saturated heterocycles. The molecule has 15 heteroatoms. The first-order valence-corrected chi connectivity index (χ1v) is 16.5. The number of carbonyl (C=O) groups is 4. The second-order valence-electron chi connectivity index (χ2n) is 12.0. The van der Waals surface area contributed by atoms with Gasteiger partial charge in [-0.05, 0) is 24.3 Å². The summed E-state index contributed by atoms with van der Waals surface area (Å²) in [4.78, 5) is 65.8. The highest BCUT2D eigenvalue weighted by Gasteiger charge is 2.20. The number of pyridine rings is 2. The average molecular weight is 671 g/mol. The van der Waals surface area contributed by atoms with Gasteiger partial charge in [-0.2, -0.15) is 0 Å². The number of rotatable bonds is 19. The second-order valence-corrected chi connectivity index (χ2v) is 12.0. The van der Waals surface area contributed by atoms with E-state index in [-0.39, 0.29) is 32.0 Å². The van der Waals surface area contributed by atoms with Crippen LogP contribution in [0.15, 0.2) is 48.8 Å². The summed E-state index contributed by atoms with van der Waals surface area (Å²) in [5.74, 6) is -2.88. The van der Waals surface area contributed by atoms with Crippen molar-refractivity contribution in [1.29, 1.82) is 0 Å². The van der Waals surface area contributed by atoms with Crippen LogP contribution in [-0.4, -0.2) is 178 Å². The molecule has 0 aliphatic carbocycles. The number of carboxylic acids is 3. The zero-order chi connectivity index (χ0) is 34.6. The Morgan fingerprint density at radius 3 is 1.60 bits per heavy atom. The van der Waals surface area contributed by atoms with Crippen LogP contribution in [0.2, 0.25) is 0 Å². The zero-order valence-corrected chi connectivity index (χ0v) is 27.7. The molecule has 0 bridgehead atoms. The topological polar surface area (TPSA) is 183 Å². The zero-order valence-electron chi connectivity index (χ0n) is 27.7. The molecular weight excluding hydrogens is 620 g/mol. The molecule has 0 radical (unpaired) electrons. The van der Waals surface area contributed by atoms with Crippen molar-refractivity contribution in [3.8, 4) is 0 Å². The van der Waals surface area contributed by atoms with Gasteiger partial charge in [-0.3, -0.25) is 48.7 Å². The number of ketones is 1. The number of carbonyl (C=O) groups excluding carboxylic acids is 1. The molecule has 4 N–H and O–H groups in total. The van der Waals surface area contributed by atoms with E-state index in [1.54, 1.807) is 27.1 Å². The number of aromatic nitrogens is 2. The summed E-state index contributed by atoms with van der Waals surface area (Å²) in [5, 5.41) is 31.5. The Kier molecular flexibility index (Phi) is 17.6. The van der Waals surface area contributed by atoms with Crippen LogP contribution in [0.4, 0.5) is 0 Å². The molecule has 264 valence electrons. The van der Waals surface area contributed by atoms with Crippen LogP contribution >= 0.6 is 0 Å². The van der Waals surface area contributed by atoms with Gasteiger partial charge in [-0.25, -0.2) is 0 Å². The molecule has 3 heterocycles. The normalized spacial score (nSPS) is 16.3. The van der Waals surface area contributed by atoms with Crippen molar-refractivity contribution in [1.82, 2.24) is 39.8 Å². The molecule has 0 atom stereocenters. The minimum absolute atomic E-state index is 0.0555. The van der Waals surface area contributed by atoms with Gasteiger partial charge >= 0.3 is 17.9 Å². The van der Waals surface area contributed by atoms with E-state index >= 15 is 0 Å². The van der Waals surface area contributed by atoms with E-state index in [9.17, 15) is 34.5 Å². The molecule has 0 amide bonds. The van der Waals surface area contributed by atoms with Crippen LogP contribution in [0.1, 0.15) is 17.8 Å². The van der Waals surface area contributed by atoms with Crippen LogP contribution in [0.3, 0.4) is 0 Å². The first-order chi connectivity index (χ1) is 23.2. The van der Waals surface area contributed by atoms with Gasteiger partial charge in [0.25, 0.3) is 0 Å². The molecule has 0 saturated carbocycles. The molecule has 2 aromatic heterocycles. The summed E-state index contributed by atoms with van der Waals surface area (Å²) in [6, 6.07) is 11.8. The molecule has 0 aromatic carbocycles. The maximum atomic E-state index is 12.9. The molecule has 0 spiro atoms. The minimum Gasteiger partial charge on any atom is -0.480 e. The maximum Gasteiger partial charge on any atom is 0.317 e. The van der Waals surface area contributed by atoms with Gasteiger partial charge in [0.05, 0.1) is 31.9 Å². The lowest BCUT2D eigenvalue weighted by Gasteiger charge is -2.33. The molecule has 3 rings (SSSR count). The largest absolute Gasteiger partial charge is 0.480 e. The van der Waals surface area contributed by atoms with Crippen molar-refractivity contribution in [2.24, 2.45) is 0 Å². The first kappa shape index (κ1) is 38.6. The average Bonchev–Trinajstić information content (AvgIpc) is 3.05. The Hall–Kier alpha value is -3.86. The van der Waals surface area contributed by atoms with Crippen LogP contribution in [0.25, 0.3) is 0 Å². The highest BCUT2D eigenvalue weighted by molar-refractivity contribution is 5.80. The van der Waals surface area contributed by atoms with Crippen molar-refractivity contribution in [3.63, 3.8) is 0 Å². The van der Waals surface area contributed by atoms with Gasteiger partial charge in [0, 0.05) is 116 Å². The lowest BCUT2D eigenvalue weighted by Crippen LogP contribution is -2.48. The number of hydrogen-bond donors (Lipinski definition) is 4. The van der Waals surface area contributed by atoms with E-state index in [0.717, 1.165) is 30.9 Å². The van der Waals surface area contributed by atoms with Gasteiger partial charge in [0.2, 0.25) is 0 Å². The summed E-state index contributed by atoms with van der Waals surface area (Å²) in [5.41, 5.74) is 1.99. The third-order valence-corrected chi connectivity index (χ3v) is 8.16. The summed E-state index contributed by atoms with van der Waals surface area (Å²) in [6.45, 7) is 6.17. The number of nitrogens with zero attached hydrogens (tertiary/aromatic N) is 7. The van der Waals surface area contributed by atoms with E-state index < -0.39 is 17.9 Å². The summed E-state index contributed by atoms with van der Waals surface area (Å²) in [7, 11) is 0. The molecule has 1 aliphatic heterocycles. The van der Waals surface area contributed by atoms with E-state index in [4.69, 9.17) is 0 Å². The fraction of sp³-hybridized carbons (Fsp3) is 0.576. The van der Waals surface area contributed by atoms with Crippen molar-refractivity contribution in [3.05, 3.63) is 60.2 Å². The molecular formula is C33H50N8O7. The van der Waals surface area contributed by atoms with Crippen molar-refractivity contribution in [2.75, 3.05) is 105 Å². The first-order valence-electron chi connectivity index (χ1n) is 16.5. The highest BCUT2D eigenvalue weighted by Crippen LogP contribution is 2.05. The molecule has 1 aliphatic rings. The predicted molar refractivity (Wildman–Crippen MR) is 179 cm³/mol. The third-order valence-electron chi connectivity index (χ3n) is 8.16. The highest BCUT2D eigenvalue weighted by atomic mass is 16.4. The number of nitrogens with one attached hydrogen (secondary N) is 1. The van der Waals surface area contributed by atoms with E-state index in [1.165, 1.54) is 0 Å². The molecule has 2 aromatic rings. The van der Waals surface area contributed by atoms with E-state index in [0.29, 0.717) is 78.4 Å². The van der Waals surface area contributed by atoms with Gasteiger partial charge in [0.1, 0.15) is 5.78 Å². The number of Topliss-reactive ketones (excluding diaryl/α,β-unsaturated/α-hetero) is 1.